The van der Waals surface area contributed by atoms with E-state index >= 15 is 0 Å². The fourth-order valence-electron chi connectivity index (χ4n) is 2.50. The number of hydrogen-bond donors (Lipinski definition) is 1. The van der Waals surface area contributed by atoms with Crippen molar-refractivity contribution >= 4 is 11.3 Å². The Morgan fingerprint density at radius 2 is 2.10 bits per heavy atom. The Labute approximate surface area is 124 Å². The van der Waals surface area contributed by atoms with Crippen molar-refractivity contribution in [3.05, 3.63) is 45.9 Å². The third-order valence-electron chi connectivity index (χ3n) is 3.90. The third-order valence-corrected chi connectivity index (χ3v) is 4.83. The number of hydrogen-bond acceptors (Lipinski definition) is 4. The van der Waals surface area contributed by atoms with Crippen LogP contribution < -0.4 is 10.1 Å². The number of nitrogens with one attached hydrogen (secondary N) is 1. The molecule has 0 radical (unpaired) electrons. The van der Waals surface area contributed by atoms with Gasteiger partial charge >= 0.3 is 0 Å². The molecule has 1 saturated carbocycles. The smallest absolute Gasteiger partial charge is 0.118 e. The van der Waals surface area contributed by atoms with Crippen molar-refractivity contribution in [1.29, 1.82) is 0 Å². The molecule has 0 bridgehead atoms. The highest BCUT2D eigenvalue weighted by Crippen LogP contribution is 2.41. The molecule has 1 aromatic carbocycles. The Hall–Kier alpha value is -1.39. The second kappa shape index (κ2) is 5.94. The van der Waals surface area contributed by atoms with Crippen LogP contribution in [0.15, 0.2) is 29.8 Å². The summed E-state index contributed by atoms with van der Waals surface area (Å²) in [7, 11) is 1.71. The van der Waals surface area contributed by atoms with Crippen molar-refractivity contribution < 1.29 is 4.74 Å². The van der Waals surface area contributed by atoms with Gasteiger partial charge in [0.25, 0.3) is 0 Å². The van der Waals surface area contributed by atoms with Crippen LogP contribution in [-0.2, 0) is 6.54 Å². The zero-order valence-electron chi connectivity index (χ0n) is 11.9. The highest BCUT2D eigenvalue weighted by molar-refractivity contribution is 7.09. The molecule has 20 heavy (non-hydrogen) atoms. The SMILES string of the molecule is COc1ccc(C(NCc2scnc2C)C2CC2)cc1. The Morgan fingerprint density at radius 3 is 2.65 bits per heavy atom. The second-order valence-electron chi connectivity index (χ2n) is 5.33. The molecule has 1 atom stereocenters. The number of benzene rings is 1. The molecule has 0 spiro atoms. The molecule has 1 N–H and O–H groups in total. The molecule has 1 aliphatic rings. The highest BCUT2D eigenvalue weighted by atomic mass is 32.1. The van der Waals surface area contributed by atoms with Gasteiger partial charge in [0.15, 0.2) is 0 Å². The van der Waals surface area contributed by atoms with Gasteiger partial charge in [-0.25, -0.2) is 4.98 Å². The maximum absolute atomic E-state index is 5.23. The van der Waals surface area contributed by atoms with Gasteiger partial charge < -0.3 is 10.1 Å². The number of methoxy groups -OCH3 is 1. The summed E-state index contributed by atoms with van der Waals surface area (Å²) in [5, 5.41) is 3.71. The van der Waals surface area contributed by atoms with Gasteiger partial charge in [-0.05, 0) is 43.4 Å². The van der Waals surface area contributed by atoms with Crippen molar-refractivity contribution in [2.45, 2.75) is 32.4 Å². The lowest BCUT2D eigenvalue weighted by atomic mass is 10.0. The fourth-order valence-corrected chi connectivity index (χ4v) is 3.22. The van der Waals surface area contributed by atoms with Gasteiger partial charge in [-0.15, -0.1) is 11.3 Å². The van der Waals surface area contributed by atoms with Crippen LogP contribution in [0.25, 0.3) is 0 Å². The topological polar surface area (TPSA) is 34.1 Å². The lowest BCUT2D eigenvalue weighted by Crippen LogP contribution is -2.22. The van der Waals surface area contributed by atoms with Crippen molar-refractivity contribution in [3.63, 3.8) is 0 Å². The van der Waals surface area contributed by atoms with Gasteiger partial charge in [0.05, 0.1) is 18.3 Å². The lowest BCUT2D eigenvalue weighted by Gasteiger charge is -2.19. The molecule has 0 saturated heterocycles. The van der Waals surface area contributed by atoms with Crippen LogP contribution in [0.1, 0.15) is 35.0 Å². The van der Waals surface area contributed by atoms with E-state index in [0.717, 1.165) is 23.9 Å². The average molecular weight is 288 g/mol. The Morgan fingerprint density at radius 1 is 1.35 bits per heavy atom. The normalized spacial score (nSPS) is 16.1. The number of thiazole rings is 1. The molecular formula is C16H20N2OS. The first-order valence-corrected chi connectivity index (χ1v) is 7.92. The number of aryl methyl sites for hydroxylation is 1. The molecule has 1 fully saturated rings. The third kappa shape index (κ3) is 3.02. The zero-order chi connectivity index (χ0) is 13.9. The van der Waals surface area contributed by atoms with E-state index in [1.54, 1.807) is 18.4 Å². The first-order chi connectivity index (χ1) is 9.78. The molecule has 1 aromatic heterocycles. The molecule has 1 heterocycles. The van der Waals surface area contributed by atoms with Crippen molar-refractivity contribution in [2.24, 2.45) is 5.92 Å². The molecule has 0 amide bonds. The summed E-state index contributed by atoms with van der Waals surface area (Å²) in [4.78, 5) is 5.65. The predicted octanol–water partition coefficient (Wildman–Crippen LogP) is 3.70. The van der Waals surface area contributed by atoms with E-state index in [9.17, 15) is 0 Å². The van der Waals surface area contributed by atoms with E-state index in [1.807, 2.05) is 17.6 Å². The van der Waals surface area contributed by atoms with Crippen molar-refractivity contribution in [1.82, 2.24) is 10.3 Å². The highest BCUT2D eigenvalue weighted by Gasteiger charge is 2.32. The van der Waals surface area contributed by atoms with Crippen molar-refractivity contribution in [3.8, 4) is 5.75 Å². The van der Waals surface area contributed by atoms with Gasteiger partial charge in [-0.3, -0.25) is 0 Å². The molecule has 1 unspecified atom stereocenters. The maximum Gasteiger partial charge on any atom is 0.118 e. The van der Waals surface area contributed by atoms with Crippen molar-refractivity contribution in [2.75, 3.05) is 7.11 Å². The van der Waals surface area contributed by atoms with Crippen LogP contribution in [-0.4, -0.2) is 12.1 Å². The summed E-state index contributed by atoms with van der Waals surface area (Å²) in [6, 6.07) is 8.89. The fraction of sp³-hybridized carbons (Fsp3) is 0.438. The summed E-state index contributed by atoms with van der Waals surface area (Å²) < 4.78 is 5.23. The van der Waals surface area contributed by atoms with E-state index in [2.05, 4.69) is 29.4 Å². The maximum atomic E-state index is 5.23. The Balaban J connectivity index is 1.70. The number of ether oxygens (including phenoxy) is 1. The minimum absolute atomic E-state index is 0.447. The molecule has 3 rings (SSSR count). The summed E-state index contributed by atoms with van der Waals surface area (Å²) >= 11 is 1.73. The van der Waals surface area contributed by atoms with E-state index < -0.39 is 0 Å². The van der Waals surface area contributed by atoms with Crippen LogP contribution in [0.5, 0.6) is 5.75 Å². The summed E-state index contributed by atoms with van der Waals surface area (Å²) in [5.74, 6) is 1.69. The second-order valence-corrected chi connectivity index (χ2v) is 6.27. The van der Waals surface area contributed by atoms with E-state index in [-0.39, 0.29) is 0 Å². The molecule has 4 heteroatoms. The summed E-state index contributed by atoms with van der Waals surface area (Å²) in [5.41, 5.74) is 4.42. The zero-order valence-corrected chi connectivity index (χ0v) is 12.7. The van der Waals surface area contributed by atoms with E-state index in [0.29, 0.717) is 6.04 Å². The van der Waals surface area contributed by atoms with Crippen LogP contribution in [0.3, 0.4) is 0 Å². The van der Waals surface area contributed by atoms with Gasteiger partial charge in [-0.1, -0.05) is 12.1 Å². The molecule has 106 valence electrons. The molecule has 1 aliphatic carbocycles. The van der Waals surface area contributed by atoms with Crippen LogP contribution in [0, 0.1) is 12.8 Å². The van der Waals surface area contributed by atoms with Gasteiger partial charge in [0, 0.05) is 17.5 Å². The summed E-state index contributed by atoms with van der Waals surface area (Å²) in [6.45, 7) is 2.98. The molecule has 0 aliphatic heterocycles. The predicted molar refractivity (Wildman–Crippen MR) is 82.1 cm³/mol. The minimum atomic E-state index is 0.447. The number of rotatable bonds is 6. The molecular weight excluding hydrogens is 268 g/mol. The van der Waals surface area contributed by atoms with Gasteiger partial charge in [0.2, 0.25) is 0 Å². The van der Waals surface area contributed by atoms with Crippen LogP contribution in [0.2, 0.25) is 0 Å². The quantitative estimate of drug-likeness (QED) is 0.880. The van der Waals surface area contributed by atoms with E-state index in [4.69, 9.17) is 4.74 Å². The Bertz CT molecular complexity index is 560. The van der Waals surface area contributed by atoms with Crippen LogP contribution in [0.4, 0.5) is 0 Å². The van der Waals surface area contributed by atoms with Gasteiger partial charge in [-0.2, -0.15) is 0 Å². The average Bonchev–Trinajstić information content (AvgIpc) is 3.23. The summed E-state index contributed by atoms with van der Waals surface area (Å²) in [6.07, 6.45) is 2.65. The number of nitrogens with zero attached hydrogens (tertiary/aromatic N) is 1. The van der Waals surface area contributed by atoms with Crippen LogP contribution >= 0.6 is 11.3 Å². The monoisotopic (exact) mass is 288 g/mol. The minimum Gasteiger partial charge on any atom is -0.497 e. The first kappa shape index (κ1) is 13.6. The molecule has 3 nitrogen and oxygen atoms in total. The van der Waals surface area contributed by atoms with E-state index in [1.165, 1.54) is 23.3 Å². The largest absolute Gasteiger partial charge is 0.497 e. The molecule has 2 aromatic rings. The standard InChI is InChI=1S/C16H20N2OS/c1-11-15(20-10-18-11)9-17-16(12-3-4-12)13-5-7-14(19-2)8-6-13/h5-8,10,12,16-17H,3-4,9H2,1-2H3. The number of aromatic nitrogens is 1. The Kier molecular flexibility index (Phi) is 4.03. The lowest BCUT2D eigenvalue weighted by molar-refractivity contribution is 0.413. The van der Waals surface area contributed by atoms with Gasteiger partial charge in [0.1, 0.15) is 5.75 Å². The first-order valence-electron chi connectivity index (χ1n) is 7.04.